The Kier molecular flexibility index (Phi) is 5.91. The van der Waals surface area contributed by atoms with Gasteiger partial charge in [0.25, 0.3) is 11.5 Å². The molecule has 0 unspecified atom stereocenters. The first kappa shape index (κ1) is 18.4. The van der Waals surface area contributed by atoms with E-state index in [2.05, 4.69) is 17.2 Å². The van der Waals surface area contributed by atoms with E-state index in [1.165, 1.54) is 12.8 Å². The number of nitrogens with one attached hydrogen (secondary N) is 1. The molecule has 26 heavy (non-hydrogen) atoms. The van der Waals surface area contributed by atoms with Gasteiger partial charge in [0.1, 0.15) is 11.6 Å². The third kappa shape index (κ3) is 4.23. The van der Waals surface area contributed by atoms with E-state index in [9.17, 15) is 9.59 Å². The minimum Gasteiger partial charge on any atom is -0.484 e. The Balaban J connectivity index is 1.61. The van der Waals surface area contributed by atoms with Crippen LogP contribution in [0.15, 0.2) is 23.0 Å². The van der Waals surface area contributed by atoms with Crippen LogP contribution in [-0.4, -0.2) is 28.1 Å². The topological polar surface area (TPSA) is 73.2 Å². The molecule has 0 bridgehead atoms. The highest BCUT2D eigenvalue weighted by Crippen LogP contribution is 2.19. The number of benzene rings is 1. The van der Waals surface area contributed by atoms with Gasteiger partial charge in [0.15, 0.2) is 6.61 Å². The highest BCUT2D eigenvalue weighted by atomic mass is 16.5. The largest absolute Gasteiger partial charge is 0.484 e. The molecule has 0 spiro atoms. The van der Waals surface area contributed by atoms with E-state index in [4.69, 9.17) is 4.74 Å². The van der Waals surface area contributed by atoms with Gasteiger partial charge in [-0.05, 0) is 38.0 Å². The molecule has 1 aromatic heterocycles. The molecule has 1 aliphatic heterocycles. The number of hydrogen-bond acceptors (Lipinski definition) is 4. The van der Waals surface area contributed by atoms with E-state index in [1.807, 2.05) is 6.92 Å². The Bertz CT molecular complexity index is 844. The van der Waals surface area contributed by atoms with Gasteiger partial charge in [-0.1, -0.05) is 26.2 Å². The predicted octanol–water partition coefficient (Wildman–Crippen LogP) is 2.81. The second-order valence-corrected chi connectivity index (χ2v) is 7.02. The number of ether oxygens (including phenoxy) is 1. The van der Waals surface area contributed by atoms with Crippen LogP contribution in [0.1, 0.15) is 51.8 Å². The molecule has 0 aliphatic carbocycles. The molecule has 1 amide bonds. The SMILES string of the molecule is CCCCC[C@H](C)NC(=O)COc1ccc2nc3n(c(=O)c2c1)CCC3. The fourth-order valence-corrected chi connectivity index (χ4v) is 3.39. The first-order valence-electron chi connectivity index (χ1n) is 9.54. The number of aryl methyl sites for hydroxylation is 1. The molecule has 1 atom stereocenters. The Morgan fingerprint density at radius 1 is 1.38 bits per heavy atom. The van der Waals surface area contributed by atoms with Gasteiger partial charge >= 0.3 is 0 Å². The van der Waals surface area contributed by atoms with E-state index in [1.54, 1.807) is 22.8 Å². The summed E-state index contributed by atoms with van der Waals surface area (Å²) in [6.45, 7) is 4.84. The Morgan fingerprint density at radius 2 is 2.23 bits per heavy atom. The molecule has 3 rings (SSSR count). The van der Waals surface area contributed by atoms with Crippen molar-refractivity contribution in [1.29, 1.82) is 0 Å². The zero-order valence-corrected chi connectivity index (χ0v) is 15.6. The van der Waals surface area contributed by atoms with Gasteiger partial charge in [0.05, 0.1) is 10.9 Å². The van der Waals surface area contributed by atoms with Gasteiger partial charge in [-0.3, -0.25) is 14.2 Å². The number of rotatable bonds is 8. The molecule has 2 aromatic rings. The number of aromatic nitrogens is 2. The summed E-state index contributed by atoms with van der Waals surface area (Å²) in [6.07, 6.45) is 6.25. The molecule has 2 heterocycles. The number of unbranched alkanes of at least 4 members (excludes halogenated alkanes) is 2. The van der Waals surface area contributed by atoms with Crippen molar-refractivity contribution >= 4 is 16.8 Å². The monoisotopic (exact) mass is 357 g/mol. The summed E-state index contributed by atoms with van der Waals surface area (Å²) in [4.78, 5) is 29.2. The van der Waals surface area contributed by atoms with Crippen molar-refractivity contribution in [3.63, 3.8) is 0 Å². The van der Waals surface area contributed by atoms with Crippen LogP contribution in [0.5, 0.6) is 5.75 Å². The van der Waals surface area contributed by atoms with Gasteiger partial charge < -0.3 is 10.1 Å². The average Bonchev–Trinajstić information content (AvgIpc) is 3.09. The van der Waals surface area contributed by atoms with Crippen molar-refractivity contribution in [3.8, 4) is 5.75 Å². The number of nitrogens with zero attached hydrogens (tertiary/aromatic N) is 2. The molecular weight excluding hydrogens is 330 g/mol. The highest BCUT2D eigenvalue weighted by molar-refractivity contribution is 5.80. The van der Waals surface area contributed by atoms with Crippen molar-refractivity contribution in [2.45, 2.75) is 65.0 Å². The number of hydrogen-bond donors (Lipinski definition) is 1. The first-order valence-corrected chi connectivity index (χ1v) is 9.54. The molecule has 0 saturated carbocycles. The Labute approximate surface area is 153 Å². The van der Waals surface area contributed by atoms with Gasteiger partial charge in [0, 0.05) is 19.0 Å². The van der Waals surface area contributed by atoms with E-state index in [0.717, 1.165) is 38.1 Å². The lowest BCUT2D eigenvalue weighted by atomic mass is 10.1. The molecular formula is C20H27N3O3. The quantitative estimate of drug-likeness (QED) is 0.737. The van der Waals surface area contributed by atoms with Crippen molar-refractivity contribution < 1.29 is 9.53 Å². The van der Waals surface area contributed by atoms with Crippen LogP contribution >= 0.6 is 0 Å². The van der Waals surface area contributed by atoms with Crippen molar-refractivity contribution in [1.82, 2.24) is 14.9 Å². The summed E-state index contributed by atoms with van der Waals surface area (Å²) in [7, 11) is 0. The second-order valence-electron chi connectivity index (χ2n) is 7.02. The molecule has 0 saturated heterocycles. The van der Waals surface area contributed by atoms with E-state index >= 15 is 0 Å². The zero-order valence-electron chi connectivity index (χ0n) is 15.6. The maximum absolute atomic E-state index is 12.6. The lowest BCUT2D eigenvalue weighted by Gasteiger charge is -2.14. The van der Waals surface area contributed by atoms with Crippen LogP contribution in [0.2, 0.25) is 0 Å². The molecule has 6 nitrogen and oxygen atoms in total. The van der Waals surface area contributed by atoms with Crippen LogP contribution in [0.4, 0.5) is 0 Å². The number of amides is 1. The van der Waals surface area contributed by atoms with Crippen LogP contribution in [-0.2, 0) is 17.8 Å². The summed E-state index contributed by atoms with van der Waals surface area (Å²) >= 11 is 0. The van der Waals surface area contributed by atoms with Crippen LogP contribution in [0.3, 0.4) is 0 Å². The van der Waals surface area contributed by atoms with E-state index < -0.39 is 0 Å². The third-order valence-electron chi connectivity index (χ3n) is 4.80. The first-order chi connectivity index (χ1) is 12.6. The molecule has 0 radical (unpaired) electrons. The zero-order chi connectivity index (χ0) is 18.5. The van der Waals surface area contributed by atoms with Gasteiger partial charge in [0.2, 0.25) is 0 Å². The fourth-order valence-electron chi connectivity index (χ4n) is 3.39. The lowest BCUT2D eigenvalue weighted by Crippen LogP contribution is -2.36. The molecule has 140 valence electrons. The summed E-state index contributed by atoms with van der Waals surface area (Å²) in [5.41, 5.74) is 0.659. The third-order valence-corrected chi connectivity index (χ3v) is 4.80. The van der Waals surface area contributed by atoms with Gasteiger partial charge in [-0.15, -0.1) is 0 Å². The minimum absolute atomic E-state index is 0.0260. The van der Waals surface area contributed by atoms with Crippen LogP contribution < -0.4 is 15.6 Å². The minimum atomic E-state index is -0.141. The van der Waals surface area contributed by atoms with Crippen molar-refractivity contribution in [2.24, 2.45) is 0 Å². The van der Waals surface area contributed by atoms with E-state index in [-0.39, 0.29) is 24.1 Å². The summed E-state index contributed by atoms with van der Waals surface area (Å²) in [5, 5.41) is 3.49. The highest BCUT2D eigenvalue weighted by Gasteiger charge is 2.16. The summed E-state index contributed by atoms with van der Waals surface area (Å²) < 4.78 is 7.32. The molecule has 0 fully saturated rings. The maximum atomic E-state index is 12.6. The number of carbonyl (C=O) groups is 1. The Hall–Kier alpha value is -2.37. The fraction of sp³-hybridized carbons (Fsp3) is 0.550. The van der Waals surface area contributed by atoms with Gasteiger partial charge in [-0.25, -0.2) is 4.98 Å². The van der Waals surface area contributed by atoms with Crippen molar-refractivity contribution in [2.75, 3.05) is 6.61 Å². The smallest absolute Gasteiger partial charge is 0.261 e. The summed E-state index contributed by atoms with van der Waals surface area (Å²) in [5.74, 6) is 1.23. The molecule has 1 N–H and O–H groups in total. The Morgan fingerprint density at radius 3 is 3.04 bits per heavy atom. The summed E-state index contributed by atoms with van der Waals surface area (Å²) in [6, 6.07) is 5.38. The second kappa shape index (κ2) is 8.34. The lowest BCUT2D eigenvalue weighted by molar-refractivity contribution is -0.123. The average molecular weight is 357 g/mol. The number of carbonyl (C=O) groups excluding carboxylic acids is 1. The van der Waals surface area contributed by atoms with E-state index in [0.29, 0.717) is 16.7 Å². The molecule has 1 aromatic carbocycles. The van der Waals surface area contributed by atoms with Crippen LogP contribution in [0.25, 0.3) is 10.9 Å². The molecule has 6 heteroatoms. The maximum Gasteiger partial charge on any atom is 0.261 e. The molecule has 1 aliphatic rings. The number of fused-ring (bicyclic) bond motifs is 2. The van der Waals surface area contributed by atoms with Gasteiger partial charge in [-0.2, -0.15) is 0 Å². The normalized spacial score (nSPS) is 14.2. The standard InChI is InChI=1S/C20H27N3O3/c1-3-4-5-7-14(2)21-19(24)13-26-15-9-10-17-16(12-15)20(25)23-11-6-8-18(23)22-17/h9-10,12,14H,3-8,11,13H2,1-2H3,(H,21,24)/t14-/m0/s1. The van der Waals surface area contributed by atoms with Crippen molar-refractivity contribution in [3.05, 3.63) is 34.4 Å². The predicted molar refractivity (Wildman–Crippen MR) is 102 cm³/mol. The van der Waals surface area contributed by atoms with Crippen LogP contribution in [0, 0.1) is 0 Å².